The summed E-state index contributed by atoms with van der Waals surface area (Å²) in [5.41, 5.74) is -1.59. The molecule has 0 aliphatic carbocycles. The number of para-hydroxylation sites is 1. The number of nitrogens with zero attached hydrogens (tertiary/aromatic N) is 2. The van der Waals surface area contributed by atoms with Gasteiger partial charge in [-0.05, 0) is 30.7 Å². The van der Waals surface area contributed by atoms with Crippen molar-refractivity contribution in [1.29, 1.82) is 0 Å². The molecular weight excluding hydrogens is 278 g/mol. The largest absolute Gasteiger partial charge is 0.287 e. The minimum Gasteiger partial charge on any atom is -0.287 e. The van der Waals surface area contributed by atoms with Crippen LogP contribution in [0.5, 0.6) is 0 Å². The highest BCUT2D eigenvalue weighted by Gasteiger charge is 2.17. The van der Waals surface area contributed by atoms with E-state index in [1.807, 2.05) is 0 Å². The zero-order valence-corrected chi connectivity index (χ0v) is 10.4. The van der Waals surface area contributed by atoms with Crippen molar-refractivity contribution in [3.63, 3.8) is 0 Å². The zero-order chi connectivity index (χ0) is 14.2. The second kappa shape index (κ2) is 4.89. The summed E-state index contributed by atoms with van der Waals surface area (Å²) in [6.07, 6.45) is 0. The average Bonchev–Trinajstić information content (AvgIpc) is 2.30. The summed E-state index contributed by atoms with van der Waals surface area (Å²) in [7, 11) is 0. The highest BCUT2D eigenvalue weighted by Crippen LogP contribution is 2.17. The van der Waals surface area contributed by atoms with Crippen LogP contribution in [0.25, 0.3) is 5.69 Å². The Balaban J connectivity index is 2.80. The lowest BCUT2D eigenvalue weighted by molar-refractivity contribution is 0.107. The summed E-state index contributed by atoms with van der Waals surface area (Å²) >= 11 is 5.20. The fraction of sp³-hybridized carbons (Fsp3) is 0.0833. The van der Waals surface area contributed by atoms with E-state index in [1.54, 1.807) is 0 Å². The topological polar surface area (TPSA) is 52.0 Å². The van der Waals surface area contributed by atoms with Crippen LogP contribution in [0.1, 0.15) is 16.2 Å². The third kappa shape index (κ3) is 2.39. The lowest BCUT2D eigenvalue weighted by Crippen LogP contribution is -2.21. The second-order valence-corrected chi connectivity index (χ2v) is 4.10. The molecule has 0 radical (unpaired) electrons. The molecule has 1 aromatic carbocycles. The van der Waals surface area contributed by atoms with Crippen molar-refractivity contribution in [3.8, 4) is 5.69 Å². The number of halogens is 3. The van der Waals surface area contributed by atoms with Crippen LogP contribution in [0, 0.1) is 18.6 Å². The van der Waals surface area contributed by atoms with E-state index in [0.717, 1.165) is 22.9 Å². The first-order chi connectivity index (χ1) is 8.91. The van der Waals surface area contributed by atoms with Crippen LogP contribution in [0.3, 0.4) is 0 Å². The summed E-state index contributed by atoms with van der Waals surface area (Å²) in [5, 5.41) is 2.52. The number of aryl methyl sites for hydroxylation is 1. The van der Waals surface area contributed by atoms with Crippen LogP contribution in [0.4, 0.5) is 8.78 Å². The van der Waals surface area contributed by atoms with Crippen molar-refractivity contribution >= 4 is 16.8 Å². The molecule has 2 rings (SSSR count). The molecule has 0 unspecified atom stereocenters. The first kappa shape index (κ1) is 13.4. The molecule has 7 heteroatoms. The highest BCUT2D eigenvalue weighted by molar-refractivity contribution is 6.67. The van der Waals surface area contributed by atoms with Crippen LogP contribution >= 0.6 is 11.6 Å². The maximum atomic E-state index is 13.7. The Morgan fingerprint density at radius 1 is 1.32 bits per heavy atom. The number of benzene rings is 1. The van der Waals surface area contributed by atoms with Crippen molar-refractivity contribution < 1.29 is 13.6 Å². The van der Waals surface area contributed by atoms with Crippen molar-refractivity contribution in [2.45, 2.75) is 6.92 Å². The lowest BCUT2D eigenvalue weighted by atomic mass is 10.2. The second-order valence-electron chi connectivity index (χ2n) is 3.75. The van der Waals surface area contributed by atoms with E-state index in [1.165, 1.54) is 13.0 Å². The first-order valence-electron chi connectivity index (χ1n) is 5.17. The van der Waals surface area contributed by atoms with Crippen molar-refractivity contribution in [3.05, 3.63) is 57.5 Å². The van der Waals surface area contributed by atoms with E-state index in [4.69, 9.17) is 11.6 Å². The van der Waals surface area contributed by atoms with Gasteiger partial charge in [-0.15, -0.1) is 0 Å². The standard InChI is InChI=1S/C12H7ClF2N2O2/c1-6-5-9(18)10(12(13)19)16-17(6)11-7(14)3-2-4-8(11)15/h2-5H,1H3. The molecule has 2 aromatic rings. The van der Waals surface area contributed by atoms with E-state index in [9.17, 15) is 18.4 Å². The molecule has 0 N–H and O–H groups in total. The van der Waals surface area contributed by atoms with Gasteiger partial charge in [-0.3, -0.25) is 9.59 Å². The minimum absolute atomic E-state index is 0.177. The van der Waals surface area contributed by atoms with Gasteiger partial charge in [-0.1, -0.05) is 6.07 Å². The molecule has 0 amide bonds. The van der Waals surface area contributed by atoms with Crippen LogP contribution in [0.15, 0.2) is 29.1 Å². The number of carbonyl (C=O) groups is 1. The van der Waals surface area contributed by atoms with Gasteiger partial charge in [0.05, 0.1) is 0 Å². The van der Waals surface area contributed by atoms with Gasteiger partial charge in [-0.2, -0.15) is 5.10 Å². The van der Waals surface area contributed by atoms with E-state index < -0.39 is 33.7 Å². The van der Waals surface area contributed by atoms with Crippen LogP contribution < -0.4 is 5.43 Å². The SMILES string of the molecule is Cc1cc(=O)c(C(=O)Cl)nn1-c1c(F)cccc1F. The molecule has 19 heavy (non-hydrogen) atoms. The Labute approximate surface area is 111 Å². The predicted molar refractivity (Wildman–Crippen MR) is 64.7 cm³/mol. The Morgan fingerprint density at radius 3 is 2.42 bits per heavy atom. The third-order valence-corrected chi connectivity index (χ3v) is 2.62. The van der Waals surface area contributed by atoms with Gasteiger partial charge in [0.1, 0.15) is 5.69 Å². The summed E-state index contributed by atoms with van der Waals surface area (Å²) in [4.78, 5) is 22.5. The van der Waals surface area contributed by atoms with Gasteiger partial charge < -0.3 is 0 Å². The fourth-order valence-corrected chi connectivity index (χ4v) is 1.73. The smallest absolute Gasteiger partial charge is 0.276 e. The van der Waals surface area contributed by atoms with Crippen molar-refractivity contribution in [1.82, 2.24) is 9.78 Å². The quantitative estimate of drug-likeness (QED) is 0.795. The summed E-state index contributed by atoms with van der Waals surface area (Å²) in [6.45, 7) is 1.43. The van der Waals surface area contributed by atoms with Crippen LogP contribution in [-0.2, 0) is 0 Å². The molecule has 0 saturated carbocycles. The van der Waals surface area contributed by atoms with Gasteiger partial charge in [0.25, 0.3) is 5.24 Å². The molecule has 1 aromatic heterocycles. The highest BCUT2D eigenvalue weighted by atomic mass is 35.5. The van der Waals surface area contributed by atoms with E-state index in [0.29, 0.717) is 0 Å². The maximum Gasteiger partial charge on any atom is 0.276 e. The van der Waals surface area contributed by atoms with Crippen molar-refractivity contribution in [2.75, 3.05) is 0 Å². The maximum absolute atomic E-state index is 13.7. The van der Waals surface area contributed by atoms with Gasteiger partial charge in [-0.25, -0.2) is 13.5 Å². The Kier molecular flexibility index (Phi) is 3.44. The van der Waals surface area contributed by atoms with E-state index in [-0.39, 0.29) is 5.69 Å². The molecule has 0 bridgehead atoms. The Hall–Kier alpha value is -2.08. The van der Waals surface area contributed by atoms with Crippen LogP contribution in [-0.4, -0.2) is 15.0 Å². The molecule has 0 atom stereocenters. The number of carbonyl (C=O) groups excluding carboxylic acids is 1. The summed E-state index contributed by atoms with van der Waals surface area (Å²) in [6, 6.07) is 4.31. The van der Waals surface area contributed by atoms with E-state index >= 15 is 0 Å². The molecule has 98 valence electrons. The monoisotopic (exact) mass is 284 g/mol. The van der Waals surface area contributed by atoms with Gasteiger partial charge in [0.15, 0.2) is 17.3 Å². The van der Waals surface area contributed by atoms with Gasteiger partial charge in [0.2, 0.25) is 5.43 Å². The Bertz CT molecular complexity index is 708. The normalized spacial score (nSPS) is 10.5. The van der Waals surface area contributed by atoms with Crippen LogP contribution in [0.2, 0.25) is 0 Å². The molecular formula is C12H7ClF2N2O2. The van der Waals surface area contributed by atoms with E-state index in [2.05, 4.69) is 5.10 Å². The number of hydrogen-bond acceptors (Lipinski definition) is 3. The average molecular weight is 285 g/mol. The Morgan fingerprint density at radius 2 is 1.89 bits per heavy atom. The molecule has 0 saturated heterocycles. The molecule has 0 aliphatic heterocycles. The summed E-state index contributed by atoms with van der Waals surface area (Å²) in [5.74, 6) is -1.74. The van der Waals surface area contributed by atoms with Crippen molar-refractivity contribution in [2.24, 2.45) is 0 Å². The fourth-order valence-electron chi connectivity index (χ4n) is 1.60. The van der Waals surface area contributed by atoms with Gasteiger partial charge in [0, 0.05) is 11.8 Å². The lowest BCUT2D eigenvalue weighted by Gasteiger charge is -2.11. The summed E-state index contributed by atoms with van der Waals surface area (Å²) < 4.78 is 28.1. The number of rotatable bonds is 2. The molecule has 0 spiro atoms. The molecule has 0 fully saturated rings. The third-order valence-electron chi connectivity index (χ3n) is 2.44. The number of aromatic nitrogens is 2. The molecule has 0 aliphatic rings. The molecule has 1 heterocycles. The molecule has 4 nitrogen and oxygen atoms in total. The minimum atomic E-state index is -1.09. The van der Waals surface area contributed by atoms with Gasteiger partial charge >= 0.3 is 0 Å². The predicted octanol–water partition coefficient (Wildman–Crippen LogP) is 2.20. The number of hydrogen-bond donors (Lipinski definition) is 0. The first-order valence-corrected chi connectivity index (χ1v) is 5.55. The zero-order valence-electron chi connectivity index (χ0n) is 9.65.